The summed E-state index contributed by atoms with van der Waals surface area (Å²) < 4.78 is 18.7. The van der Waals surface area contributed by atoms with Gasteiger partial charge in [0.15, 0.2) is 0 Å². The van der Waals surface area contributed by atoms with E-state index in [4.69, 9.17) is 4.74 Å². The number of hydrogen-bond donors (Lipinski definition) is 1. The zero-order chi connectivity index (χ0) is 13.6. The predicted molar refractivity (Wildman–Crippen MR) is 73.3 cm³/mol. The lowest BCUT2D eigenvalue weighted by molar-refractivity contribution is -0.0376. The van der Waals surface area contributed by atoms with E-state index in [1.807, 2.05) is 19.1 Å². The Bertz CT molecular complexity index is 348. The summed E-state index contributed by atoms with van der Waals surface area (Å²) in [6, 6.07) is 6.90. The van der Waals surface area contributed by atoms with Gasteiger partial charge in [-0.2, -0.15) is 0 Å². The Labute approximate surface area is 110 Å². The largest absolute Gasteiger partial charge is 0.374 e. The Hall–Kier alpha value is -0.930. The summed E-state index contributed by atoms with van der Waals surface area (Å²) >= 11 is 0. The molecule has 1 aromatic rings. The number of nitrogens with one attached hydrogen (secondary N) is 1. The van der Waals surface area contributed by atoms with Crippen LogP contribution >= 0.6 is 0 Å². The fourth-order valence-electron chi connectivity index (χ4n) is 2.14. The smallest absolute Gasteiger partial charge is 0.123 e. The Morgan fingerprint density at radius 1 is 1.22 bits per heavy atom. The third-order valence-electron chi connectivity index (χ3n) is 3.16. The van der Waals surface area contributed by atoms with Crippen LogP contribution in [-0.2, 0) is 11.2 Å². The van der Waals surface area contributed by atoms with Crippen molar-refractivity contribution >= 4 is 0 Å². The van der Waals surface area contributed by atoms with Gasteiger partial charge in [-0.3, -0.25) is 0 Å². The minimum absolute atomic E-state index is 0.192. The first kappa shape index (κ1) is 15.1. The van der Waals surface area contributed by atoms with Crippen molar-refractivity contribution in [1.29, 1.82) is 0 Å². The van der Waals surface area contributed by atoms with Crippen molar-refractivity contribution in [2.75, 3.05) is 13.2 Å². The van der Waals surface area contributed by atoms with Crippen molar-refractivity contribution in [3.63, 3.8) is 0 Å². The number of likely N-dealkylation sites (N-methyl/N-ethyl adjacent to an activating group) is 1. The molecule has 0 radical (unpaired) electrons. The molecule has 1 N–H and O–H groups in total. The fraction of sp³-hybridized carbons (Fsp3) is 0.600. The molecular formula is C15H24FNO. The topological polar surface area (TPSA) is 21.3 Å². The molecule has 1 aromatic carbocycles. The van der Waals surface area contributed by atoms with Gasteiger partial charge in [0.1, 0.15) is 5.82 Å². The molecule has 1 atom stereocenters. The molecule has 0 aliphatic rings. The highest BCUT2D eigenvalue weighted by Gasteiger charge is 2.29. The second-order valence-electron chi connectivity index (χ2n) is 4.98. The summed E-state index contributed by atoms with van der Waals surface area (Å²) in [5.74, 6) is -0.192. The molecule has 2 nitrogen and oxygen atoms in total. The van der Waals surface area contributed by atoms with E-state index in [-0.39, 0.29) is 17.5 Å². The lowest BCUT2D eigenvalue weighted by atomic mass is 9.92. The van der Waals surface area contributed by atoms with E-state index >= 15 is 0 Å². The van der Waals surface area contributed by atoms with Crippen LogP contribution in [0.15, 0.2) is 24.3 Å². The van der Waals surface area contributed by atoms with Crippen LogP contribution in [0.1, 0.15) is 33.3 Å². The molecule has 0 aromatic heterocycles. The summed E-state index contributed by atoms with van der Waals surface area (Å²) in [6.45, 7) is 9.85. The number of benzene rings is 1. The summed E-state index contributed by atoms with van der Waals surface area (Å²) in [5.41, 5.74) is 0.884. The first-order chi connectivity index (χ1) is 8.49. The van der Waals surface area contributed by atoms with Gasteiger partial charge in [0.25, 0.3) is 0 Å². The molecule has 0 aliphatic carbocycles. The second-order valence-corrected chi connectivity index (χ2v) is 4.98. The molecule has 0 spiro atoms. The van der Waals surface area contributed by atoms with Gasteiger partial charge in [-0.15, -0.1) is 0 Å². The zero-order valence-corrected chi connectivity index (χ0v) is 11.8. The molecule has 0 bridgehead atoms. The summed E-state index contributed by atoms with van der Waals surface area (Å²) in [6.07, 6.45) is 0.834. The van der Waals surface area contributed by atoms with Gasteiger partial charge in [0.05, 0.1) is 5.60 Å². The highest BCUT2D eigenvalue weighted by Crippen LogP contribution is 2.19. The van der Waals surface area contributed by atoms with Crippen molar-refractivity contribution < 1.29 is 9.13 Å². The standard InChI is InChI=1S/C15H24FNO/c1-5-17-14(15(3,4)18-6-2)11-12-7-9-13(16)10-8-12/h7-10,14,17H,5-6,11H2,1-4H3. The van der Waals surface area contributed by atoms with E-state index in [1.165, 1.54) is 12.1 Å². The van der Waals surface area contributed by atoms with Crippen LogP contribution in [0, 0.1) is 5.82 Å². The third kappa shape index (κ3) is 4.39. The monoisotopic (exact) mass is 253 g/mol. The second kappa shape index (κ2) is 6.86. The number of rotatable bonds is 7. The first-order valence-corrected chi connectivity index (χ1v) is 6.61. The van der Waals surface area contributed by atoms with Crippen LogP contribution in [0.4, 0.5) is 4.39 Å². The third-order valence-corrected chi connectivity index (χ3v) is 3.16. The lowest BCUT2D eigenvalue weighted by Gasteiger charge is -2.35. The quantitative estimate of drug-likeness (QED) is 0.806. The highest BCUT2D eigenvalue weighted by atomic mass is 19.1. The molecular weight excluding hydrogens is 229 g/mol. The van der Waals surface area contributed by atoms with E-state index in [2.05, 4.69) is 26.1 Å². The van der Waals surface area contributed by atoms with Gasteiger partial charge in [0, 0.05) is 12.6 Å². The maximum Gasteiger partial charge on any atom is 0.123 e. The average Bonchev–Trinajstić information content (AvgIpc) is 2.31. The van der Waals surface area contributed by atoms with Crippen LogP contribution in [-0.4, -0.2) is 24.8 Å². The Morgan fingerprint density at radius 2 is 1.83 bits per heavy atom. The Kier molecular flexibility index (Phi) is 5.76. The summed E-state index contributed by atoms with van der Waals surface area (Å²) in [4.78, 5) is 0. The molecule has 0 fully saturated rings. The van der Waals surface area contributed by atoms with Gasteiger partial charge in [-0.25, -0.2) is 4.39 Å². The van der Waals surface area contributed by atoms with Crippen molar-refractivity contribution in [2.24, 2.45) is 0 Å². The molecule has 0 amide bonds. The molecule has 102 valence electrons. The normalized spacial score (nSPS) is 13.6. The van der Waals surface area contributed by atoms with Gasteiger partial charge >= 0.3 is 0 Å². The average molecular weight is 253 g/mol. The molecule has 0 heterocycles. The van der Waals surface area contributed by atoms with Crippen LogP contribution in [0.2, 0.25) is 0 Å². The summed E-state index contributed by atoms with van der Waals surface area (Å²) in [5, 5.41) is 3.45. The number of hydrogen-bond acceptors (Lipinski definition) is 2. The van der Waals surface area contributed by atoms with Crippen molar-refractivity contribution in [1.82, 2.24) is 5.32 Å². The maximum absolute atomic E-state index is 12.9. The van der Waals surface area contributed by atoms with E-state index in [0.29, 0.717) is 6.61 Å². The Balaban J connectivity index is 2.76. The Morgan fingerprint density at radius 3 is 2.33 bits per heavy atom. The lowest BCUT2D eigenvalue weighted by Crippen LogP contribution is -2.50. The van der Waals surface area contributed by atoms with E-state index < -0.39 is 0 Å². The summed E-state index contributed by atoms with van der Waals surface area (Å²) in [7, 11) is 0. The number of ether oxygens (including phenoxy) is 1. The molecule has 0 aliphatic heterocycles. The molecule has 1 rings (SSSR count). The minimum Gasteiger partial charge on any atom is -0.374 e. The van der Waals surface area contributed by atoms with Gasteiger partial charge in [-0.05, 0) is 51.4 Å². The van der Waals surface area contributed by atoms with Crippen molar-refractivity contribution in [3.05, 3.63) is 35.6 Å². The van der Waals surface area contributed by atoms with Crippen LogP contribution in [0.3, 0.4) is 0 Å². The highest BCUT2D eigenvalue weighted by molar-refractivity contribution is 5.18. The van der Waals surface area contributed by atoms with E-state index in [1.54, 1.807) is 0 Å². The zero-order valence-electron chi connectivity index (χ0n) is 11.8. The SMILES string of the molecule is CCNC(Cc1ccc(F)cc1)C(C)(C)OCC. The molecule has 1 unspecified atom stereocenters. The fourth-order valence-corrected chi connectivity index (χ4v) is 2.14. The predicted octanol–water partition coefficient (Wildman–Crippen LogP) is 3.16. The van der Waals surface area contributed by atoms with Crippen LogP contribution in [0.5, 0.6) is 0 Å². The van der Waals surface area contributed by atoms with Gasteiger partial charge in [-0.1, -0.05) is 19.1 Å². The van der Waals surface area contributed by atoms with Crippen LogP contribution in [0.25, 0.3) is 0 Å². The van der Waals surface area contributed by atoms with Crippen molar-refractivity contribution in [3.8, 4) is 0 Å². The van der Waals surface area contributed by atoms with E-state index in [0.717, 1.165) is 18.5 Å². The molecule has 0 saturated heterocycles. The number of halogens is 1. The van der Waals surface area contributed by atoms with E-state index in [9.17, 15) is 4.39 Å². The van der Waals surface area contributed by atoms with Crippen LogP contribution < -0.4 is 5.32 Å². The molecule has 3 heteroatoms. The molecule has 0 saturated carbocycles. The van der Waals surface area contributed by atoms with Crippen molar-refractivity contribution in [2.45, 2.75) is 45.8 Å². The molecule has 18 heavy (non-hydrogen) atoms. The minimum atomic E-state index is -0.237. The maximum atomic E-state index is 12.9. The van der Waals surface area contributed by atoms with Gasteiger partial charge in [0.2, 0.25) is 0 Å². The first-order valence-electron chi connectivity index (χ1n) is 6.61. The van der Waals surface area contributed by atoms with Gasteiger partial charge < -0.3 is 10.1 Å².